The smallest absolute Gasteiger partial charge is 0.255 e. The first kappa shape index (κ1) is 16.5. The monoisotopic (exact) mass is 369 g/mol. The topological polar surface area (TPSA) is 54.5 Å². The molecule has 0 saturated carbocycles. The van der Waals surface area contributed by atoms with E-state index in [1.807, 2.05) is 17.5 Å². The minimum atomic E-state index is -3.38. The molecule has 1 aliphatic rings. The van der Waals surface area contributed by atoms with Crippen molar-refractivity contribution in [1.82, 2.24) is 4.90 Å². The number of carbonyl (C=O) groups is 1. The van der Waals surface area contributed by atoms with Gasteiger partial charge in [-0.1, -0.05) is 17.7 Å². The summed E-state index contributed by atoms with van der Waals surface area (Å²) in [5, 5.41) is 2.27. The molecule has 0 spiro atoms. The Morgan fingerprint density at radius 1 is 1.35 bits per heavy atom. The van der Waals surface area contributed by atoms with E-state index in [-0.39, 0.29) is 27.4 Å². The number of rotatable bonds is 3. The van der Waals surface area contributed by atoms with Gasteiger partial charge < -0.3 is 4.90 Å². The molecule has 0 aliphatic carbocycles. The molecule has 0 radical (unpaired) electrons. The first-order valence-electron chi connectivity index (χ1n) is 7.22. The largest absolute Gasteiger partial charge is 0.331 e. The van der Waals surface area contributed by atoms with Gasteiger partial charge in [-0.3, -0.25) is 4.79 Å². The van der Waals surface area contributed by atoms with Crippen LogP contribution in [0.25, 0.3) is 0 Å². The van der Waals surface area contributed by atoms with Crippen molar-refractivity contribution in [3.05, 3.63) is 51.2 Å². The lowest BCUT2D eigenvalue weighted by molar-refractivity contribution is 0.0738. The molecule has 1 unspecified atom stereocenters. The van der Waals surface area contributed by atoms with Crippen LogP contribution < -0.4 is 0 Å². The lowest BCUT2D eigenvalue weighted by Crippen LogP contribution is -2.30. The molecule has 4 nitrogen and oxygen atoms in total. The van der Waals surface area contributed by atoms with Gasteiger partial charge in [-0.2, -0.15) is 0 Å². The standard InChI is InChI=1S/C16H16ClNO3S2/c1-23(20,21)11-6-7-13(17)12(10-11)16(19)18-8-2-4-14(18)15-5-3-9-22-15/h3,5-7,9-10,14H,2,4,8H2,1H3. The van der Waals surface area contributed by atoms with Crippen LogP contribution in [-0.2, 0) is 9.84 Å². The van der Waals surface area contributed by atoms with E-state index in [1.54, 1.807) is 16.2 Å². The molecule has 2 heterocycles. The Morgan fingerprint density at radius 2 is 2.13 bits per heavy atom. The van der Waals surface area contributed by atoms with Gasteiger partial charge in [0.1, 0.15) is 0 Å². The van der Waals surface area contributed by atoms with Crippen molar-refractivity contribution in [2.24, 2.45) is 0 Å². The number of sulfone groups is 1. The van der Waals surface area contributed by atoms with Gasteiger partial charge in [0.2, 0.25) is 0 Å². The number of hydrogen-bond donors (Lipinski definition) is 0. The molecule has 1 saturated heterocycles. The highest BCUT2D eigenvalue weighted by atomic mass is 35.5. The average molecular weight is 370 g/mol. The fraction of sp³-hybridized carbons (Fsp3) is 0.312. The third kappa shape index (κ3) is 3.29. The van der Waals surface area contributed by atoms with Gasteiger partial charge in [0.25, 0.3) is 5.91 Å². The predicted octanol–water partition coefficient (Wildman–Crippen LogP) is 3.78. The molecule has 1 aromatic carbocycles. The zero-order valence-corrected chi connectivity index (χ0v) is 14.9. The first-order chi connectivity index (χ1) is 10.9. The molecule has 1 fully saturated rings. The second-order valence-corrected chi connectivity index (χ2v) is 8.99. The van der Waals surface area contributed by atoms with Gasteiger partial charge in [0.15, 0.2) is 9.84 Å². The third-order valence-electron chi connectivity index (χ3n) is 3.98. The molecule has 1 amide bonds. The molecule has 7 heteroatoms. The van der Waals surface area contributed by atoms with Crippen molar-refractivity contribution < 1.29 is 13.2 Å². The van der Waals surface area contributed by atoms with Gasteiger partial charge in [-0.15, -0.1) is 11.3 Å². The zero-order valence-electron chi connectivity index (χ0n) is 12.5. The summed E-state index contributed by atoms with van der Waals surface area (Å²) in [6, 6.07) is 8.31. The highest BCUT2D eigenvalue weighted by molar-refractivity contribution is 7.90. The number of thiophene rings is 1. The Bertz CT molecular complexity index is 831. The normalized spacial score (nSPS) is 18.3. The molecule has 1 atom stereocenters. The molecular weight excluding hydrogens is 354 g/mol. The van der Waals surface area contributed by atoms with Gasteiger partial charge in [-0.05, 0) is 42.5 Å². The Morgan fingerprint density at radius 3 is 2.78 bits per heavy atom. The molecule has 3 rings (SSSR count). The highest BCUT2D eigenvalue weighted by Gasteiger charge is 2.32. The average Bonchev–Trinajstić information content (AvgIpc) is 3.16. The zero-order chi connectivity index (χ0) is 16.6. The fourth-order valence-electron chi connectivity index (χ4n) is 2.84. The quantitative estimate of drug-likeness (QED) is 0.827. The maximum Gasteiger partial charge on any atom is 0.255 e. The van der Waals surface area contributed by atoms with Crippen LogP contribution in [0.4, 0.5) is 0 Å². The summed E-state index contributed by atoms with van der Waals surface area (Å²) in [7, 11) is -3.38. The molecule has 1 aromatic heterocycles. The number of halogens is 1. The minimum absolute atomic E-state index is 0.0421. The molecular formula is C16H16ClNO3S2. The van der Waals surface area contributed by atoms with Crippen molar-refractivity contribution in [1.29, 1.82) is 0 Å². The van der Waals surface area contributed by atoms with Crippen LogP contribution in [0.3, 0.4) is 0 Å². The van der Waals surface area contributed by atoms with E-state index in [9.17, 15) is 13.2 Å². The van der Waals surface area contributed by atoms with E-state index >= 15 is 0 Å². The van der Waals surface area contributed by atoms with E-state index in [0.717, 1.165) is 24.0 Å². The minimum Gasteiger partial charge on any atom is -0.331 e. The fourth-order valence-corrected chi connectivity index (χ4v) is 4.56. The summed E-state index contributed by atoms with van der Waals surface area (Å²) in [5.74, 6) is -0.212. The van der Waals surface area contributed by atoms with Crippen LogP contribution in [0.5, 0.6) is 0 Å². The van der Waals surface area contributed by atoms with E-state index in [1.165, 1.54) is 18.2 Å². The van der Waals surface area contributed by atoms with Crippen molar-refractivity contribution in [2.75, 3.05) is 12.8 Å². The molecule has 0 N–H and O–H groups in total. The Kier molecular flexibility index (Phi) is 4.49. The van der Waals surface area contributed by atoms with Gasteiger partial charge in [-0.25, -0.2) is 8.42 Å². The Balaban J connectivity index is 1.97. The van der Waals surface area contributed by atoms with E-state index in [2.05, 4.69) is 0 Å². The number of benzene rings is 1. The predicted molar refractivity (Wildman–Crippen MR) is 91.9 cm³/mol. The number of nitrogens with zero attached hydrogens (tertiary/aromatic N) is 1. The van der Waals surface area contributed by atoms with Crippen molar-refractivity contribution >= 4 is 38.7 Å². The summed E-state index contributed by atoms with van der Waals surface area (Å²) in [4.78, 5) is 15.9. The summed E-state index contributed by atoms with van der Waals surface area (Å²) in [6.07, 6.45) is 2.96. The summed E-state index contributed by atoms with van der Waals surface area (Å²) in [6.45, 7) is 0.654. The van der Waals surface area contributed by atoms with Crippen molar-refractivity contribution in [2.45, 2.75) is 23.8 Å². The molecule has 2 aromatic rings. The van der Waals surface area contributed by atoms with Crippen LogP contribution in [0, 0.1) is 0 Å². The second kappa shape index (κ2) is 6.26. The van der Waals surface area contributed by atoms with Gasteiger partial charge >= 0.3 is 0 Å². The van der Waals surface area contributed by atoms with E-state index in [0.29, 0.717) is 6.54 Å². The van der Waals surface area contributed by atoms with Gasteiger partial charge in [0.05, 0.1) is 21.5 Å². The van der Waals surface area contributed by atoms with Crippen LogP contribution in [0.1, 0.15) is 34.1 Å². The summed E-state index contributed by atoms with van der Waals surface area (Å²) >= 11 is 7.78. The Hall–Kier alpha value is -1.37. The second-order valence-electron chi connectivity index (χ2n) is 5.59. The van der Waals surface area contributed by atoms with E-state index < -0.39 is 9.84 Å². The molecule has 0 bridgehead atoms. The van der Waals surface area contributed by atoms with Gasteiger partial charge in [0, 0.05) is 17.7 Å². The van der Waals surface area contributed by atoms with Crippen molar-refractivity contribution in [3.8, 4) is 0 Å². The molecule has 122 valence electrons. The molecule has 23 heavy (non-hydrogen) atoms. The SMILES string of the molecule is CS(=O)(=O)c1ccc(Cl)c(C(=O)N2CCCC2c2cccs2)c1. The highest BCUT2D eigenvalue weighted by Crippen LogP contribution is 2.36. The maximum atomic E-state index is 12.9. The number of amides is 1. The first-order valence-corrected chi connectivity index (χ1v) is 10.4. The lowest BCUT2D eigenvalue weighted by Gasteiger charge is -2.24. The third-order valence-corrected chi connectivity index (χ3v) is 6.40. The lowest BCUT2D eigenvalue weighted by atomic mass is 10.1. The summed E-state index contributed by atoms with van der Waals surface area (Å²) in [5.41, 5.74) is 0.248. The van der Waals surface area contributed by atoms with Crippen LogP contribution in [0.15, 0.2) is 40.6 Å². The maximum absolute atomic E-state index is 12.9. The van der Waals surface area contributed by atoms with Crippen LogP contribution >= 0.6 is 22.9 Å². The van der Waals surface area contributed by atoms with Crippen LogP contribution in [0.2, 0.25) is 5.02 Å². The van der Waals surface area contributed by atoms with Crippen LogP contribution in [-0.4, -0.2) is 32.0 Å². The number of hydrogen-bond acceptors (Lipinski definition) is 4. The summed E-state index contributed by atoms with van der Waals surface area (Å²) < 4.78 is 23.5. The van der Waals surface area contributed by atoms with E-state index in [4.69, 9.17) is 11.6 Å². The van der Waals surface area contributed by atoms with Crippen molar-refractivity contribution in [3.63, 3.8) is 0 Å². The number of carbonyl (C=O) groups excluding carboxylic acids is 1. The molecule has 1 aliphatic heterocycles. The number of likely N-dealkylation sites (tertiary alicyclic amines) is 1. The Labute approximate surface area is 144 Å².